The molecular weight excluding hydrogens is 264 g/mol. The molecule has 0 aromatic rings. The van der Waals surface area contributed by atoms with Gasteiger partial charge in [0.1, 0.15) is 12.1 Å². The first-order valence-corrected chi connectivity index (χ1v) is 6.67. The van der Waals surface area contributed by atoms with E-state index < -0.39 is 24.0 Å². The van der Waals surface area contributed by atoms with Crippen LogP contribution >= 0.6 is 33.4 Å². The number of hydrogen-bond acceptors (Lipinski definition) is 6. The zero-order valence-electron chi connectivity index (χ0n) is 7.55. The zero-order chi connectivity index (χ0) is 11.8. The fourth-order valence-corrected chi connectivity index (χ4v) is 2.99. The van der Waals surface area contributed by atoms with Gasteiger partial charge in [-0.05, 0) is 11.8 Å². The van der Waals surface area contributed by atoms with Gasteiger partial charge in [-0.25, -0.2) is 4.84 Å². The molecule has 15 heavy (non-hydrogen) atoms. The molecule has 9 heteroatoms. The third-order valence-corrected chi connectivity index (χ3v) is 4.02. The summed E-state index contributed by atoms with van der Waals surface area (Å²) in [4.78, 5) is 22.9. The van der Waals surface area contributed by atoms with Gasteiger partial charge < -0.3 is 15.9 Å². The predicted octanol–water partition coefficient (Wildman–Crippen LogP) is -0.0237. The number of rotatable bonds is 8. The van der Waals surface area contributed by atoms with Crippen LogP contribution in [0.15, 0.2) is 0 Å². The van der Waals surface area contributed by atoms with E-state index in [1.54, 1.807) is 0 Å². The van der Waals surface area contributed by atoms with E-state index in [0.717, 1.165) is 0 Å². The Kier molecular flexibility index (Phi) is 7.97. The molecule has 6 nitrogen and oxygen atoms in total. The van der Waals surface area contributed by atoms with Gasteiger partial charge in [0.25, 0.3) is 0 Å². The Balaban J connectivity index is 3.61. The average Bonchev–Trinajstić information content (AvgIpc) is 2.16. The molecule has 0 bridgehead atoms. The van der Waals surface area contributed by atoms with E-state index in [0.29, 0.717) is 0 Å². The van der Waals surface area contributed by atoms with E-state index in [-0.39, 0.29) is 11.5 Å². The topological polar surface area (TPSA) is 113 Å². The Labute approximate surface area is 99.4 Å². The summed E-state index contributed by atoms with van der Waals surface area (Å²) in [5.74, 6) is -1.68. The third-order valence-electron chi connectivity index (χ3n) is 1.31. The third kappa shape index (κ3) is 6.85. The molecule has 0 heterocycles. The standard InChI is InChI=1S/C6H11ClN2O4S2/c7-9-4(6(12)13)2-15-14-1-3(8)5(10)11/h3-4,9H,1-2,8H2,(H,10,11)(H,12,13)/t3-,4-/m0/s1. The van der Waals surface area contributed by atoms with Crippen molar-refractivity contribution in [3.8, 4) is 0 Å². The Morgan fingerprint density at radius 3 is 2.20 bits per heavy atom. The van der Waals surface area contributed by atoms with Crippen molar-refractivity contribution in [1.29, 1.82) is 0 Å². The van der Waals surface area contributed by atoms with E-state index in [1.165, 1.54) is 21.6 Å². The van der Waals surface area contributed by atoms with Crippen molar-refractivity contribution in [3.63, 3.8) is 0 Å². The fourth-order valence-electron chi connectivity index (χ4n) is 0.458. The summed E-state index contributed by atoms with van der Waals surface area (Å²) in [6, 6.07) is -1.79. The van der Waals surface area contributed by atoms with Crippen LogP contribution in [0.25, 0.3) is 0 Å². The molecular formula is C6H11ClN2O4S2. The molecule has 0 aliphatic heterocycles. The first-order chi connectivity index (χ1) is 6.99. The number of carboxylic acids is 2. The maximum Gasteiger partial charge on any atom is 0.322 e. The first kappa shape index (κ1) is 14.8. The Hall–Kier alpha value is -0.150. The number of nitrogens with one attached hydrogen (secondary N) is 1. The number of nitrogens with two attached hydrogens (primary N) is 1. The van der Waals surface area contributed by atoms with Gasteiger partial charge in [-0.15, -0.1) is 0 Å². The van der Waals surface area contributed by atoms with Crippen LogP contribution in [0.2, 0.25) is 0 Å². The highest BCUT2D eigenvalue weighted by molar-refractivity contribution is 8.76. The lowest BCUT2D eigenvalue weighted by molar-refractivity contribution is -0.139. The summed E-state index contributed by atoms with van der Waals surface area (Å²) in [5, 5.41) is 17.0. The summed E-state index contributed by atoms with van der Waals surface area (Å²) in [7, 11) is 2.41. The van der Waals surface area contributed by atoms with E-state index in [4.69, 9.17) is 27.7 Å². The molecule has 5 N–H and O–H groups in total. The first-order valence-electron chi connectivity index (χ1n) is 3.80. The second-order valence-electron chi connectivity index (χ2n) is 2.51. The van der Waals surface area contributed by atoms with Crippen LogP contribution in [0, 0.1) is 0 Å². The minimum absolute atomic E-state index is 0.217. The summed E-state index contributed by atoms with van der Waals surface area (Å²) in [5.41, 5.74) is 5.23. The number of halogens is 1. The van der Waals surface area contributed by atoms with Crippen LogP contribution in [0.5, 0.6) is 0 Å². The van der Waals surface area contributed by atoms with Crippen LogP contribution in [-0.2, 0) is 9.59 Å². The molecule has 0 aliphatic rings. The minimum atomic E-state index is -1.08. The molecule has 0 aromatic carbocycles. The smallest absolute Gasteiger partial charge is 0.322 e. The van der Waals surface area contributed by atoms with Crippen molar-refractivity contribution in [1.82, 2.24) is 4.84 Å². The largest absolute Gasteiger partial charge is 0.480 e. The fraction of sp³-hybridized carbons (Fsp3) is 0.667. The highest BCUT2D eigenvalue weighted by Gasteiger charge is 2.17. The van der Waals surface area contributed by atoms with E-state index in [9.17, 15) is 9.59 Å². The summed E-state index contributed by atoms with van der Waals surface area (Å²) < 4.78 is 0. The predicted molar refractivity (Wildman–Crippen MR) is 60.9 cm³/mol. The number of hydrogen-bond donors (Lipinski definition) is 4. The second-order valence-corrected chi connectivity index (χ2v) is 5.28. The quantitative estimate of drug-likeness (QED) is 0.277. The van der Waals surface area contributed by atoms with Crippen molar-refractivity contribution >= 4 is 45.3 Å². The molecule has 0 amide bonds. The molecule has 2 atom stereocenters. The molecule has 0 rings (SSSR count). The maximum absolute atomic E-state index is 10.5. The molecule has 88 valence electrons. The van der Waals surface area contributed by atoms with Gasteiger partial charge in [-0.2, -0.15) is 0 Å². The minimum Gasteiger partial charge on any atom is -0.480 e. The molecule has 0 unspecified atom stereocenters. The van der Waals surface area contributed by atoms with Crippen LogP contribution in [0.4, 0.5) is 0 Å². The lowest BCUT2D eigenvalue weighted by Gasteiger charge is -2.09. The molecule has 0 saturated heterocycles. The van der Waals surface area contributed by atoms with Gasteiger partial charge in [0.05, 0.1) is 0 Å². The summed E-state index contributed by atoms with van der Waals surface area (Å²) in [6.45, 7) is 0. The van der Waals surface area contributed by atoms with Gasteiger partial charge >= 0.3 is 11.9 Å². The number of aliphatic carboxylic acids is 2. The average molecular weight is 275 g/mol. The monoisotopic (exact) mass is 274 g/mol. The summed E-state index contributed by atoms with van der Waals surface area (Å²) in [6.07, 6.45) is 0. The number of carboxylic acid groups (broad SMARTS) is 2. The lowest BCUT2D eigenvalue weighted by atomic mass is 10.4. The zero-order valence-corrected chi connectivity index (χ0v) is 9.94. The molecule has 0 saturated carbocycles. The van der Waals surface area contributed by atoms with Gasteiger partial charge in [0.2, 0.25) is 0 Å². The van der Waals surface area contributed by atoms with E-state index >= 15 is 0 Å². The van der Waals surface area contributed by atoms with E-state index in [2.05, 4.69) is 4.84 Å². The normalized spacial score (nSPS) is 14.5. The van der Waals surface area contributed by atoms with Crippen molar-refractivity contribution in [2.75, 3.05) is 11.5 Å². The molecule has 0 spiro atoms. The molecule has 0 aliphatic carbocycles. The Bertz CT molecular complexity index is 231. The molecule has 0 aromatic heterocycles. The van der Waals surface area contributed by atoms with Gasteiger partial charge in [-0.3, -0.25) is 9.59 Å². The molecule has 0 radical (unpaired) electrons. The Morgan fingerprint density at radius 2 is 1.80 bits per heavy atom. The van der Waals surface area contributed by atoms with Crippen molar-refractivity contribution in [2.45, 2.75) is 12.1 Å². The highest BCUT2D eigenvalue weighted by Crippen LogP contribution is 2.22. The van der Waals surface area contributed by atoms with Crippen LogP contribution in [0.3, 0.4) is 0 Å². The highest BCUT2D eigenvalue weighted by atomic mass is 35.5. The SMILES string of the molecule is N[C@@H](CSSC[C@H](NCl)C(=O)O)C(=O)O. The van der Waals surface area contributed by atoms with Crippen molar-refractivity contribution in [2.24, 2.45) is 5.73 Å². The van der Waals surface area contributed by atoms with Crippen LogP contribution < -0.4 is 10.6 Å². The lowest BCUT2D eigenvalue weighted by Crippen LogP contribution is -2.33. The van der Waals surface area contributed by atoms with Crippen molar-refractivity contribution in [3.05, 3.63) is 0 Å². The maximum atomic E-state index is 10.5. The van der Waals surface area contributed by atoms with Crippen LogP contribution in [0.1, 0.15) is 0 Å². The number of carbonyl (C=O) groups is 2. The second kappa shape index (κ2) is 8.05. The van der Waals surface area contributed by atoms with Crippen LogP contribution in [-0.4, -0.2) is 45.7 Å². The van der Waals surface area contributed by atoms with Gasteiger partial charge in [-0.1, -0.05) is 21.6 Å². The van der Waals surface area contributed by atoms with Crippen molar-refractivity contribution < 1.29 is 19.8 Å². The Morgan fingerprint density at radius 1 is 1.27 bits per heavy atom. The summed E-state index contributed by atoms with van der Waals surface area (Å²) >= 11 is 5.18. The van der Waals surface area contributed by atoms with Gasteiger partial charge in [0.15, 0.2) is 0 Å². The van der Waals surface area contributed by atoms with Gasteiger partial charge in [0, 0.05) is 11.5 Å². The molecule has 0 fully saturated rings. The van der Waals surface area contributed by atoms with E-state index in [1.807, 2.05) is 0 Å².